The van der Waals surface area contributed by atoms with Crippen molar-refractivity contribution >= 4 is 17.5 Å². The second kappa shape index (κ2) is 6.12. The average Bonchev–Trinajstić information content (AvgIpc) is 2.47. The van der Waals surface area contributed by atoms with Crippen LogP contribution in [0.3, 0.4) is 0 Å². The summed E-state index contributed by atoms with van der Waals surface area (Å²) in [5.41, 5.74) is 1.62. The Morgan fingerprint density at radius 2 is 1.74 bits per heavy atom. The van der Waals surface area contributed by atoms with E-state index in [1.807, 2.05) is 48.5 Å². The Bertz CT molecular complexity index is 643. The van der Waals surface area contributed by atoms with Crippen molar-refractivity contribution in [3.05, 3.63) is 66.2 Å². The summed E-state index contributed by atoms with van der Waals surface area (Å²) in [6.07, 6.45) is 0. The zero-order valence-corrected chi connectivity index (χ0v) is 11.4. The smallest absolute Gasteiger partial charge is 0.120 e. The van der Waals surface area contributed by atoms with Crippen LogP contribution in [0, 0.1) is 11.3 Å². The Labute approximate surface area is 117 Å². The molecule has 0 spiro atoms. The molecule has 2 rings (SSSR count). The van der Waals surface area contributed by atoms with Gasteiger partial charge in [0.1, 0.15) is 11.8 Å². The molecule has 0 bridgehead atoms. The lowest BCUT2D eigenvalue weighted by atomic mass is 10.2. The highest BCUT2D eigenvalue weighted by Gasteiger charge is 2.09. The molecule has 0 aromatic heterocycles. The van der Waals surface area contributed by atoms with Crippen LogP contribution < -0.4 is 0 Å². The Morgan fingerprint density at radius 1 is 1.11 bits per heavy atom. The molecular weight excluding hydrogens is 254 g/mol. The summed E-state index contributed by atoms with van der Waals surface area (Å²) in [4.78, 5) is 1.96. The number of nitrogens with zero attached hydrogens (tertiary/aromatic N) is 1. The topological polar surface area (TPSA) is 33.0 Å². The predicted octanol–water partition coefficient (Wildman–Crippen LogP) is 4.33. The zero-order chi connectivity index (χ0) is 13.7. The number of nitriles is 1. The normalized spacial score (nSPS) is 9.68. The minimum absolute atomic E-state index is 0.623. The molecule has 94 valence electrons. The molecule has 19 heavy (non-hydrogen) atoms. The van der Waals surface area contributed by atoms with Crippen molar-refractivity contribution in [2.75, 3.05) is 7.11 Å². The second-order valence-electron chi connectivity index (χ2n) is 3.83. The van der Waals surface area contributed by atoms with Crippen LogP contribution in [0.4, 0.5) is 0 Å². The van der Waals surface area contributed by atoms with Crippen molar-refractivity contribution in [3.63, 3.8) is 0 Å². The molecule has 2 aromatic rings. The Balaban J connectivity index is 2.39. The SMILES string of the molecule is C=C(OC)c1ccccc1Sc1ccccc1C#N. The third-order valence-corrected chi connectivity index (χ3v) is 3.81. The quantitative estimate of drug-likeness (QED) is 0.773. The van der Waals surface area contributed by atoms with E-state index >= 15 is 0 Å². The first-order chi connectivity index (χ1) is 9.26. The van der Waals surface area contributed by atoms with E-state index in [0.29, 0.717) is 11.3 Å². The molecule has 0 amide bonds. The summed E-state index contributed by atoms with van der Waals surface area (Å²) in [5.74, 6) is 0.623. The van der Waals surface area contributed by atoms with Crippen LogP contribution in [0.25, 0.3) is 5.76 Å². The van der Waals surface area contributed by atoms with Gasteiger partial charge in [-0.1, -0.05) is 48.7 Å². The number of methoxy groups -OCH3 is 1. The maximum atomic E-state index is 9.12. The fourth-order valence-corrected chi connectivity index (χ4v) is 2.71. The van der Waals surface area contributed by atoms with Gasteiger partial charge >= 0.3 is 0 Å². The van der Waals surface area contributed by atoms with Gasteiger partial charge in [0.2, 0.25) is 0 Å². The minimum Gasteiger partial charge on any atom is -0.497 e. The summed E-state index contributed by atoms with van der Waals surface area (Å²) in [5, 5.41) is 9.12. The van der Waals surface area contributed by atoms with Crippen LogP contribution in [0.1, 0.15) is 11.1 Å². The third kappa shape index (κ3) is 2.98. The average molecular weight is 267 g/mol. The Morgan fingerprint density at radius 3 is 2.42 bits per heavy atom. The summed E-state index contributed by atoms with van der Waals surface area (Å²) in [7, 11) is 1.60. The Hall–Kier alpha value is -2.18. The van der Waals surface area contributed by atoms with E-state index in [1.165, 1.54) is 0 Å². The van der Waals surface area contributed by atoms with Crippen molar-refractivity contribution in [2.45, 2.75) is 9.79 Å². The Kier molecular flexibility index (Phi) is 4.27. The summed E-state index contributed by atoms with van der Waals surface area (Å²) in [6, 6.07) is 17.6. The van der Waals surface area contributed by atoms with E-state index in [2.05, 4.69) is 12.6 Å². The highest BCUT2D eigenvalue weighted by atomic mass is 32.2. The number of ether oxygens (including phenoxy) is 1. The first-order valence-corrected chi connectivity index (χ1v) is 6.57. The molecule has 0 N–H and O–H groups in total. The van der Waals surface area contributed by atoms with Crippen LogP contribution in [0.2, 0.25) is 0 Å². The third-order valence-electron chi connectivity index (χ3n) is 2.66. The van der Waals surface area contributed by atoms with Gasteiger partial charge < -0.3 is 4.74 Å². The first-order valence-electron chi connectivity index (χ1n) is 5.75. The first kappa shape index (κ1) is 13.3. The van der Waals surface area contributed by atoms with Crippen molar-refractivity contribution in [3.8, 4) is 6.07 Å². The van der Waals surface area contributed by atoms with Crippen LogP contribution in [-0.4, -0.2) is 7.11 Å². The summed E-state index contributed by atoms with van der Waals surface area (Å²) < 4.78 is 5.20. The molecule has 0 unspecified atom stereocenters. The van der Waals surface area contributed by atoms with Gasteiger partial charge in [0.25, 0.3) is 0 Å². The van der Waals surface area contributed by atoms with Gasteiger partial charge in [-0.25, -0.2) is 0 Å². The lowest BCUT2D eigenvalue weighted by Crippen LogP contribution is -1.89. The molecule has 0 fully saturated rings. The van der Waals surface area contributed by atoms with E-state index in [4.69, 9.17) is 10.00 Å². The number of hydrogen-bond donors (Lipinski definition) is 0. The highest BCUT2D eigenvalue weighted by molar-refractivity contribution is 7.99. The van der Waals surface area contributed by atoms with E-state index in [9.17, 15) is 0 Å². The number of benzene rings is 2. The lowest BCUT2D eigenvalue weighted by Gasteiger charge is -2.11. The molecule has 0 aliphatic heterocycles. The van der Waals surface area contributed by atoms with E-state index in [0.717, 1.165) is 15.4 Å². The maximum Gasteiger partial charge on any atom is 0.120 e. The molecule has 0 aliphatic rings. The van der Waals surface area contributed by atoms with Crippen LogP contribution in [0.15, 0.2) is 64.9 Å². The molecule has 3 heteroatoms. The molecule has 0 heterocycles. The molecule has 0 saturated carbocycles. The van der Waals surface area contributed by atoms with Gasteiger partial charge in [-0.15, -0.1) is 0 Å². The summed E-state index contributed by atoms with van der Waals surface area (Å²) in [6.45, 7) is 3.89. The maximum absolute atomic E-state index is 9.12. The van der Waals surface area contributed by atoms with Gasteiger partial charge in [0.15, 0.2) is 0 Å². The van der Waals surface area contributed by atoms with Crippen molar-refractivity contribution < 1.29 is 4.74 Å². The second-order valence-corrected chi connectivity index (χ2v) is 4.92. The number of hydrogen-bond acceptors (Lipinski definition) is 3. The van der Waals surface area contributed by atoms with Gasteiger partial charge in [-0.05, 0) is 18.2 Å². The van der Waals surface area contributed by atoms with E-state index in [1.54, 1.807) is 18.9 Å². The van der Waals surface area contributed by atoms with E-state index < -0.39 is 0 Å². The molecular formula is C16H13NOS. The van der Waals surface area contributed by atoms with Crippen LogP contribution >= 0.6 is 11.8 Å². The standard InChI is InChI=1S/C16H13NOS/c1-12(18-2)14-8-4-6-10-16(14)19-15-9-5-3-7-13(15)11-17/h3-10H,1H2,2H3. The predicted molar refractivity (Wildman–Crippen MR) is 77.8 cm³/mol. The molecule has 2 aromatic carbocycles. The van der Waals surface area contributed by atoms with Crippen LogP contribution in [-0.2, 0) is 4.74 Å². The van der Waals surface area contributed by atoms with Crippen LogP contribution in [0.5, 0.6) is 0 Å². The lowest BCUT2D eigenvalue weighted by molar-refractivity contribution is 0.370. The minimum atomic E-state index is 0.623. The fraction of sp³-hybridized carbons (Fsp3) is 0.0625. The number of rotatable bonds is 4. The van der Waals surface area contributed by atoms with Gasteiger partial charge in [0.05, 0.1) is 12.7 Å². The largest absolute Gasteiger partial charge is 0.497 e. The van der Waals surface area contributed by atoms with E-state index in [-0.39, 0.29) is 0 Å². The molecule has 0 radical (unpaired) electrons. The van der Waals surface area contributed by atoms with Crippen molar-refractivity contribution in [1.29, 1.82) is 5.26 Å². The molecule has 0 aliphatic carbocycles. The van der Waals surface area contributed by atoms with Gasteiger partial charge in [0, 0.05) is 15.4 Å². The van der Waals surface area contributed by atoms with Crippen molar-refractivity contribution in [1.82, 2.24) is 0 Å². The van der Waals surface area contributed by atoms with Gasteiger partial charge in [-0.2, -0.15) is 5.26 Å². The monoisotopic (exact) mass is 267 g/mol. The van der Waals surface area contributed by atoms with Gasteiger partial charge in [-0.3, -0.25) is 0 Å². The van der Waals surface area contributed by atoms with Crippen molar-refractivity contribution in [2.24, 2.45) is 0 Å². The summed E-state index contributed by atoms with van der Waals surface area (Å²) >= 11 is 1.55. The fourth-order valence-electron chi connectivity index (χ4n) is 1.66. The highest BCUT2D eigenvalue weighted by Crippen LogP contribution is 2.34. The molecule has 0 saturated heterocycles. The molecule has 0 atom stereocenters. The molecule has 2 nitrogen and oxygen atoms in total. The zero-order valence-electron chi connectivity index (χ0n) is 10.6.